The average molecular weight is 435 g/mol. The minimum Gasteiger partial charge on any atom is -0.306 e. The number of hydrogen-bond acceptors (Lipinski definition) is 7. The van der Waals surface area contributed by atoms with E-state index in [1.54, 1.807) is 34.8 Å². The van der Waals surface area contributed by atoms with Gasteiger partial charge in [0.25, 0.3) is 0 Å². The number of nitrogens with zero attached hydrogens (tertiary/aromatic N) is 3. The van der Waals surface area contributed by atoms with Crippen LogP contribution in [0.4, 0.5) is 0 Å². The molecule has 28 heavy (non-hydrogen) atoms. The van der Waals surface area contributed by atoms with Gasteiger partial charge < -0.3 is 5.32 Å². The normalized spacial score (nSPS) is 15.8. The van der Waals surface area contributed by atoms with Crippen LogP contribution in [0.3, 0.4) is 0 Å². The largest absolute Gasteiger partial charge is 0.306 e. The predicted molar refractivity (Wildman–Crippen MR) is 112 cm³/mol. The minimum atomic E-state index is -3.41. The first-order valence-corrected chi connectivity index (χ1v) is 12.1. The summed E-state index contributed by atoms with van der Waals surface area (Å²) in [6.45, 7) is 8.77. The molecule has 0 bridgehead atoms. The van der Waals surface area contributed by atoms with Crippen LogP contribution in [-0.2, 0) is 36.2 Å². The lowest BCUT2D eigenvalue weighted by Gasteiger charge is -2.15. The summed E-state index contributed by atoms with van der Waals surface area (Å²) in [6, 6.07) is 6.97. The number of nitrogens with one attached hydrogen (secondary N) is 1. The van der Waals surface area contributed by atoms with Crippen molar-refractivity contribution in [2.45, 2.75) is 51.8 Å². The zero-order valence-corrected chi connectivity index (χ0v) is 18.5. The van der Waals surface area contributed by atoms with E-state index in [9.17, 15) is 8.42 Å². The molecule has 0 fully saturated rings. The quantitative estimate of drug-likeness (QED) is 0.668. The summed E-state index contributed by atoms with van der Waals surface area (Å²) in [6.07, 6.45) is 0. The van der Waals surface area contributed by atoms with Crippen LogP contribution < -0.4 is 5.32 Å². The Balaban J connectivity index is 0.000000177. The number of fused-ring (bicyclic) bond motifs is 2. The molecule has 0 unspecified atom stereocenters. The molecule has 0 aliphatic carbocycles. The minimum absolute atomic E-state index is 0.352. The van der Waals surface area contributed by atoms with Gasteiger partial charge in [0.1, 0.15) is 0 Å². The number of aromatic nitrogens is 2. The molecule has 3 aromatic rings. The van der Waals surface area contributed by atoms with Crippen LogP contribution in [0.5, 0.6) is 0 Å². The van der Waals surface area contributed by atoms with Crippen LogP contribution >= 0.6 is 22.7 Å². The van der Waals surface area contributed by atoms with Crippen LogP contribution in [0.1, 0.15) is 36.7 Å². The van der Waals surface area contributed by atoms with Gasteiger partial charge in [-0.25, -0.2) is 18.4 Å². The molecule has 0 saturated heterocycles. The fourth-order valence-electron chi connectivity index (χ4n) is 3.25. The average Bonchev–Trinajstić information content (AvgIpc) is 3.36. The highest BCUT2D eigenvalue weighted by Crippen LogP contribution is 2.31. The second-order valence-electron chi connectivity index (χ2n) is 6.90. The first-order chi connectivity index (χ1) is 13.3. The van der Waals surface area contributed by atoms with E-state index in [1.165, 1.54) is 19.9 Å². The topological polar surface area (TPSA) is 75.2 Å². The maximum Gasteiger partial charge on any atom is 0.243 e. The van der Waals surface area contributed by atoms with Crippen molar-refractivity contribution in [2.24, 2.45) is 0 Å². The molecule has 2 aliphatic heterocycles. The molecule has 2 aliphatic rings. The molecular formula is C19H22N4O2S3. The monoisotopic (exact) mass is 434 g/mol. The summed E-state index contributed by atoms with van der Waals surface area (Å²) >= 11 is 3.38. The Morgan fingerprint density at radius 2 is 1.54 bits per heavy atom. The number of sulfonamides is 1. The fraction of sp³-hybridized carbons (Fsp3) is 0.368. The van der Waals surface area contributed by atoms with E-state index in [1.807, 2.05) is 26.0 Å². The maximum atomic E-state index is 12.5. The Kier molecular flexibility index (Phi) is 5.36. The molecule has 9 heteroatoms. The zero-order chi connectivity index (χ0) is 19.9. The third kappa shape index (κ3) is 3.90. The van der Waals surface area contributed by atoms with E-state index in [-0.39, 0.29) is 0 Å². The summed E-state index contributed by atoms with van der Waals surface area (Å²) in [5.41, 5.74) is 3.22. The van der Waals surface area contributed by atoms with Crippen molar-refractivity contribution in [3.05, 3.63) is 61.0 Å². The lowest BCUT2D eigenvalue weighted by molar-refractivity contribution is 0.430. The molecule has 6 nitrogen and oxygen atoms in total. The first-order valence-electron chi connectivity index (χ1n) is 9.01. The predicted octanol–water partition coefficient (Wildman–Crippen LogP) is 3.52. The highest BCUT2D eigenvalue weighted by atomic mass is 32.2. The van der Waals surface area contributed by atoms with Gasteiger partial charge in [0, 0.05) is 22.8 Å². The summed E-state index contributed by atoms with van der Waals surface area (Å²) in [5.74, 6) is 0. The van der Waals surface area contributed by atoms with Gasteiger partial charge in [-0.2, -0.15) is 4.31 Å². The molecule has 1 N–H and O–H groups in total. The molecule has 0 amide bonds. The molecule has 2 aromatic heterocycles. The van der Waals surface area contributed by atoms with Crippen molar-refractivity contribution in [3.63, 3.8) is 0 Å². The van der Waals surface area contributed by atoms with Gasteiger partial charge in [-0.15, -0.1) is 22.7 Å². The lowest BCUT2D eigenvalue weighted by Crippen LogP contribution is -2.25. The molecule has 4 heterocycles. The van der Waals surface area contributed by atoms with E-state index in [2.05, 4.69) is 22.2 Å². The van der Waals surface area contributed by atoms with E-state index < -0.39 is 10.0 Å². The van der Waals surface area contributed by atoms with Crippen molar-refractivity contribution in [2.75, 3.05) is 0 Å². The van der Waals surface area contributed by atoms with Gasteiger partial charge in [0.2, 0.25) is 10.0 Å². The van der Waals surface area contributed by atoms with E-state index in [4.69, 9.17) is 0 Å². The summed E-state index contributed by atoms with van der Waals surface area (Å²) < 4.78 is 26.5. The summed E-state index contributed by atoms with van der Waals surface area (Å²) in [5, 5.41) is 5.44. The third-order valence-corrected chi connectivity index (χ3v) is 8.47. The van der Waals surface area contributed by atoms with Crippen molar-refractivity contribution >= 4 is 32.7 Å². The highest BCUT2D eigenvalue weighted by molar-refractivity contribution is 7.89. The highest BCUT2D eigenvalue weighted by Gasteiger charge is 2.32. The Bertz CT molecular complexity index is 1060. The Hall–Kier alpha value is -1.65. The number of thiazole rings is 2. The van der Waals surface area contributed by atoms with Crippen molar-refractivity contribution < 1.29 is 8.42 Å². The summed E-state index contributed by atoms with van der Waals surface area (Å²) in [7, 11) is -3.41. The van der Waals surface area contributed by atoms with E-state index >= 15 is 0 Å². The Morgan fingerprint density at radius 3 is 2.18 bits per heavy atom. The lowest BCUT2D eigenvalue weighted by atomic mass is 10.2. The van der Waals surface area contributed by atoms with Crippen molar-refractivity contribution in [3.8, 4) is 0 Å². The van der Waals surface area contributed by atoms with Crippen molar-refractivity contribution in [1.29, 1.82) is 0 Å². The number of rotatable bonds is 2. The van der Waals surface area contributed by atoms with Crippen LogP contribution in [0.25, 0.3) is 0 Å². The maximum absolute atomic E-state index is 12.5. The number of benzene rings is 1. The van der Waals surface area contributed by atoms with Gasteiger partial charge in [0.05, 0.1) is 39.4 Å². The molecule has 0 radical (unpaired) electrons. The molecule has 148 valence electrons. The fourth-order valence-corrected chi connectivity index (χ4v) is 6.59. The van der Waals surface area contributed by atoms with Gasteiger partial charge in [-0.1, -0.05) is 17.7 Å². The van der Waals surface area contributed by atoms with E-state index in [0.717, 1.165) is 34.2 Å². The van der Waals surface area contributed by atoms with Crippen LogP contribution in [0.2, 0.25) is 0 Å². The number of aryl methyl sites for hydroxylation is 3. The third-order valence-electron chi connectivity index (χ3n) is 4.65. The standard InChI is InChI=1S/C13H14N2O2S2.C6H8N2S/c1-9-3-5-11(6-4-9)19(16,17)15-7-12-13(8-15)18-10(2)14-12;1-4-8-5-2-7-3-6(5)9-4/h3-6H,7-8H2,1-2H3;7H,2-3H2,1H3. The smallest absolute Gasteiger partial charge is 0.243 e. The van der Waals surface area contributed by atoms with Gasteiger partial charge in [0.15, 0.2) is 0 Å². The SMILES string of the molecule is Cc1ccc(S(=O)(=O)N2Cc3nc(C)sc3C2)cc1.Cc1nc2c(s1)CNC2. The molecule has 0 saturated carbocycles. The van der Waals surface area contributed by atoms with Crippen LogP contribution in [0.15, 0.2) is 29.2 Å². The van der Waals surface area contributed by atoms with Crippen LogP contribution in [-0.4, -0.2) is 22.7 Å². The second-order valence-corrected chi connectivity index (χ2v) is 11.4. The molecule has 0 spiro atoms. The van der Waals surface area contributed by atoms with E-state index in [0.29, 0.717) is 18.0 Å². The van der Waals surface area contributed by atoms with Gasteiger partial charge in [-0.05, 0) is 32.9 Å². The van der Waals surface area contributed by atoms with Gasteiger partial charge in [-0.3, -0.25) is 0 Å². The Labute approximate surface area is 173 Å². The molecular weight excluding hydrogens is 412 g/mol. The summed E-state index contributed by atoms with van der Waals surface area (Å²) in [4.78, 5) is 11.6. The molecule has 0 atom stereocenters. The van der Waals surface area contributed by atoms with Gasteiger partial charge >= 0.3 is 0 Å². The van der Waals surface area contributed by atoms with Crippen LogP contribution in [0, 0.1) is 20.8 Å². The molecule has 1 aromatic carbocycles. The Morgan fingerprint density at radius 1 is 0.893 bits per heavy atom. The molecule has 5 rings (SSSR count). The first kappa shape index (κ1) is 19.7. The second kappa shape index (κ2) is 7.64. The zero-order valence-electron chi connectivity index (χ0n) is 16.0. The van der Waals surface area contributed by atoms with Crippen molar-refractivity contribution in [1.82, 2.24) is 19.6 Å². The number of hydrogen-bond donors (Lipinski definition) is 1.